The van der Waals surface area contributed by atoms with Crippen LogP contribution in [0.4, 0.5) is 0 Å². The fourth-order valence-electron chi connectivity index (χ4n) is 4.03. The Balaban J connectivity index is 1.56. The first-order chi connectivity index (χ1) is 15.1. The Morgan fingerprint density at radius 1 is 1.00 bits per heavy atom. The lowest BCUT2D eigenvalue weighted by atomic mass is 10.0. The van der Waals surface area contributed by atoms with Crippen LogP contribution in [0.5, 0.6) is 11.5 Å². The summed E-state index contributed by atoms with van der Waals surface area (Å²) in [7, 11) is 3.27. The van der Waals surface area contributed by atoms with E-state index in [1.54, 1.807) is 14.2 Å². The number of rotatable bonds is 11. The summed E-state index contributed by atoms with van der Waals surface area (Å²) in [6.45, 7) is 2.68. The van der Waals surface area contributed by atoms with Crippen molar-refractivity contribution in [3.8, 4) is 11.5 Å². The summed E-state index contributed by atoms with van der Waals surface area (Å²) < 4.78 is 10.4. The maximum absolute atomic E-state index is 12.7. The Labute approximate surface area is 185 Å². The van der Waals surface area contributed by atoms with E-state index in [0.29, 0.717) is 13.0 Å². The molecule has 1 aliphatic rings. The molecule has 1 fully saturated rings. The normalized spacial score (nSPS) is 16.0. The lowest BCUT2D eigenvalue weighted by Crippen LogP contribution is -2.46. The molecule has 0 aliphatic carbocycles. The van der Waals surface area contributed by atoms with E-state index in [1.807, 2.05) is 48.5 Å². The van der Waals surface area contributed by atoms with E-state index in [2.05, 4.69) is 10.2 Å². The Hall–Kier alpha value is -2.57. The van der Waals surface area contributed by atoms with Crippen LogP contribution in [0.1, 0.15) is 42.9 Å². The van der Waals surface area contributed by atoms with Gasteiger partial charge in [-0.3, -0.25) is 4.79 Å². The molecule has 6 heteroatoms. The molecule has 1 heterocycles. The number of carbonyl (C=O) groups is 1. The molecule has 6 nitrogen and oxygen atoms in total. The van der Waals surface area contributed by atoms with E-state index < -0.39 is 6.10 Å². The largest absolute Gasteiger partial charge is 0.497 e. The van der Waals surface area contributed by atoms with Gasteiger partial charge in [-0.25, -0.2) is 0 Å². The van der Waals surface area contributed by atoms with Crippen LogP contribution in [-0.2, 0) is 11.2 Å². The summed E-state index contributed by atoms with van der Waals surface area (Å²) in [6.07, 6.45) is 3.58. The molecule has 2 aromatic rings. The van der Waals surface area contributed by atoms with Crippen molar-refractivity contribution in [2.75, 3.05) is 33.9 Å². The minimum atomic E-state index is -0.767. The Morgan fingerprint density at radius 3 is 2.16 bits per heavy atom. The fourth-order valence-corrected chi connectivity index (χ4v) is 4.03. The Morgan fingerprint density at radius 2 is 1.58 bits per heavy atom. The summed E-state index contributed by atoms with van der Waals surface area (Å²) in [5.41, 5.74) is 1.96. The lowest BCUT2D eigenvalue weighted by Gasteiger charge is -2.29. The quantitative estimate of drug-likeness (QED) is 0.577. The molecule has 0 bridgehead atoms. The van der Waals surface area contributed by atoms with Crippen molar-refractivity contribution in [2.24, 2.45) is 0 Å². The number of amides is 1. The van der Waals surface area contributed by atoms with E-state index in [4.69, 9.17) is 9.47 Å². The topological polar surface area (TPSA) is 71.0 Å². The average molecular weight is 427 g/mol. The molecular weight excluding hydrogens is 392 g/mol. The van der Waals surface area contributed by atoms with Gasteiger partial charge in [0, 0.05) is 13.0 Å². The van der Waals surface area contributed by atoms with Crippen molar-refractivity contribution in [2.45, 2.75) is 44.2 Å². The predicted molar refractivity (Wildman–Crippen MR) is 121 cm³/mol. The van der Waals surface area contributed by atoms with Gasteiger partial charge in [0.1, 0.15) is 17.6 Å². The number of carbonyl (C=O) groups excluding carboxylic acids is 1. The zero-order valence-corrected chi connectivity index (χ0v) is 18.5. The second-order valence-electron chi connectivity index (χ2n) is 8.10. The third kappa shape index (κ3) is 6.97. The second kappa shape index (κ2) is 11.7. The monoisotopic (exact) mass is 426 g/mol. The van der Waals surface area contributed by atoms with Gasteiger partial charge in [0.2, 0.25) is 5.91 Å². The molecule has 31 heavy (non-hydrogen) atoms. The summed E-state index contributed by atoms with van der Waals surface area (Å²) in [5.74, 6) is 1.55. The zero-order valence-electron chi connectivity index (χ0n) is 18.5. The van der Waals surface area contributed by atoms with Crippen LogP contribution in [0.25, 0.3) is 0 Å². The van der Waals surface area contributed by atoms with Gasteiger partial charge in [0.15, 0.2) is 0 Å². The molecule has 0 radical (unpaired) electrons. The molecule has 3 rings (SSSR count). The van der Waals surface area contributed by atoms with Gasteiger partial charge in [0.25, 0.3) is 0 Å². The molecule has 2 atom stereocenters. The van der Waals surface area contributed by atoms with E-state index in [1.165, 1.54) is 18.4 Å². The number of nitrogens with one attached hydrogen (secondary N) is 1. The number of hydrogen-bond donors (Lipinski definition) is 2. The van der Waals surface area contributed by atoms with Crippen LogP contribution in [0.15, 0.2) is 48.5 Å². The number of ether oxygens (including phenoxy) is 2. The summed E-state index contributed by atoms with van der Waals surface area (Å²) >= 11 is 0. The maximum Gasteiger partial charge on any atom is 0.220 e. The van der Waals surface area contributed by atoms with Crippen LogP contribution in [0.3, 0.4) is 0 Å². The van der Waals surface area contributed by atoms with Crippen molar-refractivity contribution in [1.29, 1.82) is 0 Å². The van der Waals surface area contributed by atoms with Crippen molar-refractivity contribution >= 4 is 5.91 Å². The zero-order chi connectivity index (χ0) is 22.1. The molecule has 2 aromatic carbocycles. The standard InChI is InChI=1S/C25H34N2O4/c1-30-21-12-8-19(9-13-21)6-5-7-24(28)26-23(18-27-16-3-4-17-27)25(29)20-10-14-22(31-2)15-11-20/h8-15,23,25,29H,3-7,16-18H2,1-2H3,(H,26,28)/t23-,25?/m1/s1. The maximum atomic E-state index is 12.7. The van der Waals surface area contributed by atoms with Crippen LogP contribution in [-0.4, -0.2) is 55.8 Å². The minimum absolute atomic E-state index is 0.0229. The van der Waals surface area contributed by atoms with Crippen molar-refractivity contribution < 1.29 is 19.4 Å². The molecule has 0 saturated carbocycles. The van der Waals surface area contributed by atoms with Gasteiger partial charge < -0.3 is 24.8 Å². The van der Waals surface area contributed by atoms with Crippen LogP contribution >= 0.6 is 0 Å². The molecule has 1 amide bonds. The number of benzene rings is 2. The number of aliphatic hydroxyl groups is 1. The highest BCUT2D eigenvalue weighted by Gasteiger charge is 2.26. The van der Waals surface area contributed by atoms with Gasteiger partial charge in [-0.15, -0.1) is 0 Å². The molecule has 0 spiro atoms. The van der Waals surface area contributed by atoms with Gasteiger partial charge in [0.05, 0.1) is 20.3 Å². The minimum Gasteiger partial charge on any atom is -0.497 e. The second-order valence-corrected chi connectivity index (χ2v) is 8.10. The Kier molecular flexibility index (Phi) is 8.74. The predicted octanol–water partition coefficient (Wildman–Crippen LogP) is 3.34. The molecular formula is C25H34N2O4. The average Bonchev–Trinajstić information content (AvgIpc) is 3.32. The van der Waals surface area contributed by atoms with Gasteiger partial charge in [-0.2, -0.15) is 0 Å². The number of nitrogens with zero attached hydrogens (tertiary/aromatic N) is 1. The van der Waals surface area contributed by atoms with Gasteiger partial charge in [-0.05, 0) is 74.2 Å². The SMILES string of the molecule is COc1ccc(CCCC(=O)N[C@H](CN2CCCC2)C(O)c2ccc(OC)cc2)cc1. The number of aryl methyl sites for hydroxylation is 1. The van der Waals surface area contributed by atoms with E-state index in [0.717, 1.165) is 43.0 Å². The van der Waals surface area contributed by atoms with E-state index >= 15 is 0 Å². The first-order valence-electron chi connectivity index (χ1n) is 11.1. The van der Waals surface area contributed by atoms with Crippen LogP contribution < -0.4 is 14.8 Å². The van der Waals surface area contributed by atoms with Crippen LogP contribution in [0, 0.1) is 0 Å². The fraction of sp³-hybridized carbons (Fsp3) is 0.480. The summed E-state index contributed by atoms with van der Waals surface area (Å²) in [6, 6.07) is 15.0. The van der Waals surface area contributed by atoms with Crippen molar-refractivity contribution in [1.82, 2.24) is 10.2 Å². The summed E-state index contributed by atoms with van der Waals surface area (Å²) in [5, 5.41) is 14.1. The van der Waals surface area contributed by atoms with E-state index in [-0.39, 0.29) is 11.9 Å². The number of aliphatic hydroxyl groups excluding tert-OH is 1. The molecule has 1 aliphatic heterocycles. The number of hydrogen-bond acceptors (Lipinski definition) is 5. The Bertz CT molecular complexity index is 801. The molecule has 168 valence electrons. The highest BCUT2D eigenvalue weighted by Crippen LogP contribution is 2.22. The third-order valence-electron chi connectivity index (χ3n) is 5.87. The van der Waals surface area contributed by atoms with E-state index in [9.17, 15) is 9.90 Å². The smallest absolute Gasteiger partial charge is 0.220 e. The molecule has 2 N–H and O–H groups in total. The first kappa shape index (κ1) is 23.1. The molecule has 1 unspecified atom stereocenters. The highest BCUT2D eigenvalue weighted by atomic mass is 16.5. The highest BCUT2D eigenvalue weighted by molar-refractivity contribution is 5.76. The first-order valence-corrected chi connectivity index (χ1v) is 11.1. The molecule has 0 aromatic heterocycles. The summed E-state index contributed by atoms with van der Waals surface area (Å²) in [4.78, 5) is 15.0. The van der Waals surface area contributed by atoms with Crippen molar-refractivity contribution in [3.63, 3.8) is 0 Å². The number of likely N-dealkylation sites (tertiary alicyclic amines) is 1. The third-order valence-corrected chi connectivity index (χ3v) is 5.87. The van der Waals surface area contributed by atoms with Gasteiger partial charge in [-0.1, -0.05) is 24.3 Å². The molecule has 1 saturated heterocycles. The van der Waals surface area contributed by atoms with Crippen LogP contribution in [0.2, 0.25) is 0 Å². The lowest BCUT2D eigenvalue weighted by molar-refractivity contribution is -0.123. The van der Waals surface area contributed by atoms with Gasteiger partial charge >= 0.3 is 0 Å². The number of methoxy groups -OCH3 is 2. The van der Waals surface area contributed by atoms with Crippen molar-refractivity contribution in [3.05, 3.63) is 59.7 Å².